The Balaban J connectivity index is 3.45. The van der Waals surface area contributed by atoms with E-state index < -0.39 is 0 Å². The molecular formula is C9H21N3O. The molecule has 0 rings (SSSR count). The zero-order valence-corrected chi connectivity index (χ0v) is 8.38. The van der Waals surface area contributed by atoms with Crippen molar-refractivity contribution in [1.82, 2.24) is 5.32 Å². The van der Waals surface area contributed by atoms with E-state index in [2.05, 4.69) is 12.2 Å². The fourth-order valence-corrected chi connectivity index (χ4v) is 0.988. The third-order valence-electron chi connectivity index (χ3n) is 1.89. The SMILES string of the molecule is CCCCNC(=O)C(N)CCCN. The first-order chi connectivity index (χ1) is 6.22. The van der Waals surface area contributed by atoms with Gasteiger partial charge in [0.15, 0.2) is 0 Å². The molecule has 4 heteroatoms. The lowest BCUT2D eigenvalue weighted by Crippen LogP contribution is -2.41. The van der Waals surface area contributed by atoms with E-state index in [1.165, 1.54) is 0 Å². The van der Waals surface area contributed by atoms with E-state index >= 15 is 0 Å². The minimum absolute atomic E-state index is 0.0538. The second-order valence-electron chi connectivity index (χ2n) is 3.18. The topological polar surface area (TPSA) is 81.1 Å². The van der Waals surface area contributed by atoms with Gasteiger partial charge in [0, 0.05) is 6.54 Å². The molecule has 4 nitrogen and oxygen atoms in total. The lowest BCUT2D eigenvalue weighted by Gasteiger charge is -2.10. The fourth-order valence-electron chi connectivity index (χ4n) is 0.988. The van der Waals surface area contributed by atoms with Crippen molar-refractivity contribution in [2.45, 2.75) is 38.6 Å². The molecule has 13 heavy (non-hydrogen) atoms. The van der Waals surface area contributed by atoms with Crippen LogP contribution in [0.5, 0.6) is 0 Å². The van der Waals surface area contributed by atoms with Crippen LogP contribution in [0.15, 0.2) is 0 Å². The van der Waals surface area contributed by atoms with Gasteiger partial charge in [-0.3, -0.25) is 4.79 Å². The van der Waals surface area contributed by atoms with Gasteiger partial charge in [0.25, 0.3) is 0 Å². The van der Waals surface area contributed by atoms with Gasteiger partial charge in [-0.05, 0) is 25.8 Å². The van der Waals surface area contributed by atoms with Gasteiger partial charge in [0.2, 0.25) is 5.91 Å². The van der Waals surface area contributed by atoms with E-state index in [-0.39, 0.29) is 11.9 Å². The van der Waals surface area contributed by atoms with E-state index in [1.54, 1.807) is 0 Å². The summed E-state index contributed by atoms with van der Waals surface area (Å²) in [6.07, 6.45) is 3.57. The van der Waals surface area contributed by atoms with Crippen molar-refractivity contribution >= 4 is 5.91 Å². The van der Waals surface area contributed by atoms with Crippen LogP contribution >= 0.6 is 0 Å². The normalized spacial score (nSPS) is 12.5. The first kappa shape index (κ1) is 12.4. The summed E-state index contributed by atoms with van der Waals surface area (Å²) in [5, 5.41) is 2.79. The minimum atomic E-state index is -0.389. The van der Waals surface area contributed by atoms with E-state index in [4.69, 9.17) is 11.5 Å². The quantitative estimate of drug-likeness (QED) is 0.489. The zero-order valence-electron chi connectivity index (χ0n) is 8.38. The van der Waals surface area contributed by atoms with Gasteiger partial charge in [0.05, 0.1) is 6.04 Å². The molecule has 0 aliphatic heterocycles. The Labute approximate surface area is 80.0 Å². The average molecular weight is 187 g/mol. The zero-order chi connectivity index (χ0) is 10.1. The van der Waals surface area contributed by atoms with Crippen LogP contribution in [0.2, 0.25) is 0 Å². The summed E-state index contributed by atoms with van der Waals surface area (Å²) in [6.45, 7) is 3.40. The van der Waals surface area contributed by atoms with Crippen LogP contribution in [0.1, 0.15) is 32.6 Å². The smallest absolute Gasteiger partial charge is 0.236 e. The molecule has 1 atom stereocenters. The fraction of sp³-hybridized carbons (Fsp3) is 0.889. The van der Waals surface area contributed by atoms with Crippen molar-refractivity contribution in [1.29, 1.82) is 0 Å². The largest absolute Gasteiger partial charge is 0.355 e. The van der Waals surface area contributed by atoms with E-state index in [9.17, 15) is 4.79 Å². The highest BCUT2D eigenvalue weighted by Crippen LogP contribution is 1.93. The first-order valence-electron chi connectivity index (χ1n) is 4.95. The Hall–Kier alpha value is -0.610. The first-order valence-corrected chi connectivity index (χ1v) is 4.95. The number of nitrogens with two attached hydrogens (primary N) is 2. The Morgan fingerprint density at radius 1 is 1.46 bits per heavy atom. The van der Waals surface area contributed by atoms with E-state index in [0.29, 0.717) is 13.0 Å². The van der Waals surface area contributed by atoms with Gasteiger partial charge in [-0.1, -0.05) is 13.3 Å². The monoisotopic (exact) mass is 187 g/mol. The Bertz CT molecular complexity index is 139. The van der Waals surface area contributed by atoms with Crippen LogP contribution in [-0.2, 0) is 4.79 Å². The summed E-state index contributed by atoms with van der Waals surface area (Å²) in [5.41, 5.74) is 10.9. The van der Waals surface area contributed by atoms with Crippen LogP contribution in [-0.4, -0.2) is 25.0 Å². The number of amides is 1. The average Bonchev–Trinajstić information content (AvgIpc) is 2.14. The predicted molar refractivity (Wildman–Crippen MR) is 54.2 cm³/mol. The molecule has 0 saturated heterocycles. The van der Waals surface area contributed by atoms with Crippen LogP contribution in [0.25, 0.3) is 0 Å². The number of unbranched alkanes of at least 4 members (excludes halogenated alkanes) is 1. The molecule has 5 N–H and O–H groups in total. The van der Waals surface area contributed by atoms with Crippen molar-refractivity contribution in [3.05, 3.63) is 0 Å². The van der Waals surface area contributed by atoms with Gasteiger partial charge < -0.3 is 16.8 Å². The van der Waals surface area contributed by atoms with Gasteiger partial charge in [-0.2, -0.15) is 0 Å². The molecule has 0 bridgehead atoms. The number of nitrogens with one attached hydrogen (secondary N) is 1. The van der Waals surface area contributed by atoms with Gasteiger partial charge in [-0.25, -0.2) is 0 Å². The van der Waals surface area contributed by atoms with Crippen molar-refractivity contribution in [2.24, 2.45) is 11.5 Å². The van der Waals surface area contributed by atoms with Crippen molar-refractivity contribution in [2.75, 3.05) is 13.1 Å². The second kappa shape index (κ2) is 8.01. The Kier molecular flexibility index (Phi) is 7.63. The molecule has 0 aliphatic rings. The van der Waals surface area contributed by atoms with E-state index in [1.807, 2.05) is 0 Å². The van der Waals surface area contributed by atoms with Crippen molar-refractivity contribution < 1.29 is 4.79 Å². The van der Waals surface area contributed by atoms with Crippen molar-refractivity contribution in [3.63, 3.8) is 0 Å². The third-order valence-corrected chi connectivity index (χ3v) is 1.89. The highest BCUT2D eigenvalue weighted by molar-refractivity contribution is 5.81. The summed E-state index contributed by atoms with van der Waals surface area (Å²) in [7, 11) is 0. The highest BCUT2D eigenvalue weighted by atomic mass is 16.2. The maximum atomic E-state index is 11.2. The summed E-state index contributed by atoms with van der Waals surface area (Å²) in [5.74, 6) is -0.0538. The molecule has 0 aliphatic carbocycles. The number of carbonyl (C=O) groups is 1. The summed E-state index contributed by atoms with van der Waals surface area (Å²) >= 11 is 0. The number of carbonyl (C=O) groups excluding carboxylic acids is 1. The maximum Gasteiger partial charge on any atom is 0.236 e. The molecular weight excluding hydrogens is 166 g/mol. The second-order valence-corrected chi connectivity index (χ2v) is 3.18. The molecule has 0 aromatic heterocycles. The van der Waals surface area contributed by atoms with E-state index in [0.717, 1.165) is 25.8 Å². The summed E-state index contributed by atoms with van der Waals surface area (Å²) in [6, 6.07) is -0.389. The molecule has 0 fully saturated rings. The van der Waals surface area contributed by atoms with Gasteiger partial charge >= 0.3 is 0 Å². The van der Waals surface area contributed by atoms with Crippen LogP contribution < -0.4 is 16.8 Å². The number of rotatable bonds is 7. The predicted octanol–water partition coefficient (Wildman–Crippen LogP) is -0.0311. The molecule has 1 amide bonds. The minimum Gasteiger partial charge on any atom is -0.355 e. The third kappa shape index (κ3) is 6.54. The molecule has 0 aromatic carbocycles. The van der Waals surface area contributed by atoms with Crippen molar-refractivity contribution in [3.8, 4) is 0 Å². The molecule has 78 valence electrons. The molecule has 0 saturated carbocycles. The Morgan fingerprint density at radius 3 is 2.69 bits per heavy atom. The number of hydrogen-bond donors (Lipinski definition) is 3. The standard InChI is InChI=1S/C9H21N3O/c1-2-3-7-12-9(13)8(11)5-4-6-10/h8H,2-7,10-11H2,1H3,(H,12,13). The molecule has 0 aromatic rings. The highest BCUT2D eigenvalue weighted by Gasteiger charge is 2.10. The summed E-state index contributed by atoms with van der Waals surface area (Å²) < 4.78 is 0. The molecule has 1 unspecified atom stereocenters. The maximum absolute atomic E-state index is 11.2. The van der Waals surface area contributed by atoms with Crippen LogP contribution in [0.4, 0.5) is 0 Å². The Morgan fingerprint density at radius 2 is 2.15 bits per heavy atom. The molecule has 0 radical (unpaired) electrons. The lowest BCUT2D eigenvalue weighted by atomic mass is 10.1. The van der Waals surface area contributed by atoms with Crippen LogP contribution in [0, 0.1) is 0 Å². The molecule has 0 heterocycles. The number of hydrogen-bond acceptors (Lipinski definition) is 3. The van der Waals surface area contributed by atoms with Crippen LogP contribution in [0.3, 0.4) is 0 Å². The van der Waals surface area contributed by atoms with Gasteiger partial charge in [0.1, 0.15) is 0 Å². The van der Waals surface area contributed by atoms with Gasteiger partial charge in [-0.15, -0.1) is 0 Å². The molecule has 0 spiro atoms. The lowest BCUT2D eigenvalue weighted by molar-refractivity contribution is -0.122. The summed E-state index contributed by atoms with van der Waals surface area (Å²) in [4.78, 5) is 11.2.